The molecule has 0 aliphatic carbocycles. The molecule has 1 aromatic carbocycles. The van der Waals surface area contributed by atoms with Crippen LogP contribution in [0.5, 0.6) is 0 Å². The van der Waals surface area contributed by atoms with Gasteiger partial charge in [-0.2, -0.15) is 0 Å². The molecule has 0 amide bonds. The molecule has 0 aliphatic rings. The quantitative estimate of drug-likeness (QED) is 0.805. The fourth-order valence-electron chi connectivity index (χ4n) is 1.74. The number of nitrogen functional groups attached to an aromatic ring is 1. The molecular weight excluding hydrogens is 184 g/mol. The first kappa shape index (κ1) is 9.71. The highest BCUT2D eigenvalue weighted by Crippen LogP contribution is 2.27. The highest BCUT2D eigenvalue weighted by atomic mass is 14.7. The van der Waals surface area contributed by atoms with Crippen molar-refractivity contribution < 1.29 is 0 Å². The molecule has 1 aromatic heterocycles. The second-order valence-electron chi connectivity index (χ2n) is 3.47. The van der Waals surface area contributed by atoms with E-state index in [1.54, 1.807) is 12.4 Å². The summed E-state index contributed by atoms with van der Waals surface area (Å²) in [7, 11) is 0. The van der Waals surface area contributed by atoms with Crippen LogP contribution in [-0.2, 0) is 6.42 Å². The molecule has 0 atom stereocenters. The van der Waals surface area contributed by atoms with E-state index in [1.807, 2.05) is 12.1 Å². The molecule has 0 unspecified atom stereocenters. The molecule has 0 spiro atoms. The second kappa shape index (κ2) is 4.13. The Morgan fingerprint density at radius 1 is 1.13 bits per heavy atom. The van der Waals surface area contributed by atoms with E-state index in [0.717, 1.165) is 17.7 Å². The topological polar surface area (TPSA) is 38.9 Å². The molecule has 2 nitrogen and oxygen atoms in total. The van der Waals surface area contributed by atoms with Crippen molar-refractivity contribution in [2.24, 2.45) is 0 Å². The van der Waals surface area contributed by atoms with Gasteiger partial charge in [0.05, 0.1) is 11.9 Å². The van der Waals surface area contributed by atoms with Crippen LogP contribution in [-0.4, -0.2) is 4.98 Å². The normalized spacial score (nSPS) is 10.2. The van der Waals surface area contributed by atoms with E-state index in [2.05, 4.69) is 30.1 Å². The van der Waals surface area contributed by atoms with E-state index in [-0.39, 0.29) is 0 Å². The van der Waals surface area contributed by atoms with Gasteiger partial charge in [-0.25, -0.2) is 0 Å². The maximum atomic E-state index is 5.91. The number of hydrogen-bond acceptors (Lipinski definition) is 2. The van der Waals surface area contributed by atoms with Gasteiger partial charge in [0.15, 0.2) is 0 Å². The summed E-state index contributed by atoms with van der Waals surface area (Å²) in [5.41, 5.74) is 10.2. The Kier molecular flexibility index (Phi) is 2.68. The van der Waals surface area contributed by atoms with E-state index < -0.39 is 0 Å². The Labute approximate surface area is 89.8 Å². The lowest BCUT2D eigenvalue weighted by Crippen LogP contribution is -1.93. The first-order chi connectivity index (χ1) is 7.33. The fourth-order valence-corrected chi connectivity index (χ4v) is 1.74. The van der Waals surface area contributed by atoms with Gasteiger partial charge in [0.2, 0.25) is 0 Å². The summed E-state index contributed by atoms with van der Waals surface area (Å²) in [6, 6.07) is 10.3. The summed E-state index contributed by atoms with van der Waals surface area (Å²) in [6.07, 6.45) is 4.48. The molecule has 2 heteroatoms. The van der Waals surface area contributed by atoms with Crippen molar-refractivity contribution >= 4 is 5.69 Å². The number of hydrogen-bond donors (Lipinski definition) is 1. The van der Waals surface area contributed by atoms with Crippen LogP contribution in [0.25, 0.3) is 11.1 Å². The van der Waals surface area contributed by atoms with Crippen LogP contribution in [0.2, 0.25) is 0 Å². The largest absolute Gasteiger partial charge is 0.397 e. The van der Waals surface area contributed by atoms with Gasteiger partial charge >= 0.3 is 0 Å². The summed E-state index contributed by atoms with van der Waals surface area (Å²) in [6.45, 7) is 2.15. The molecular formula is C13H14N2. The summed E-state index contributed by atoms with van der Waals surface area (Å²) >= 11 is 0. The van der Waals surface area contributed by atoms with Gasteiger partial charge in [0.1, 0.15) is 0 Å². The molecule has 0 saturated heterocycles. The molecule has 2 N–H and O–H groups in total. The second-order valence-corrected chi connectivity index (χ2v) is 3.47. The van der Waals surface area contributed by atoms with Crippen LogP contribution < -0.4 is 5.73 Å². The van der Waals surface area contributed by atoms with Crippen molar-refractivity contribution in [2.45, 2.75) is 13.3 Å². The Bertz CT molecular complexity index is 464. The fraction of sp³-hybridized carbons (Fsp3) is 0.154. The van der Waals surface area contributed by atoms with Gasteiger partial charge in [-0.05, 0) is 23.6 Å². The Morgan fingerprint density at radius 3 is 2.67 bits per heavy atom. The van der Waals surface area contributed by atoms with Crippen LogP contribution in [0.4, 0.5) is 5.69 Å². The van der Waals surface area contributed by atoms with Crippen molar-refractivity contribution in [1.29, 1.82) is 0 Å². The van der Waals surface area contributed by atoms with Crippen molar-refractivity contribution in [1.82, 2.24) is 4.98 Å². The zero-order valence-corrected chi connectivity index (χ0v) is 8.77. The highest BCUT2D eigenvalue weighted by molar-refractivity contribution is 5.77. The Morgan fingerprint density at radius 2 is 1.93 bits per heavy atom. The van der Waals surface area contributed by atoms with Crippen LogP contribution >= 0.6 is 0 Å². The summed E-state index contributed by atoms with van der Waals surface area (Å²) in [5, 5.41) is 0. The Balaban J connectivity index is 2.59. The van der Waals surface area contributed by atoms with Crippen molar-refractivity contribution in [3.05, 3.63) is 48.3 Å². The average molecular weight is 198 g/mol. The third-order valence-corrected chi connectivity index (χ3v) is 2.54. The van der Waals surface area contributed by atoms with Crippen LogP contribution in [0, 0.1) is 0 Å². The number of pyridine rings is 1. The first-order valence-electron chi connectivity index (χ1n) is 5.10. The monoisotopic (exact) mass is 198 g/mol. The summed E-state index contributed by atoms with van der Waals surface area (Å²) in [5.74, 6) is 0. The van der Waals surface area contributed by atoms with Crippen LogP contribution in [0.1, 0.15) is 12.5 Å². The molecule has 0 aliphatic heterocycles. The van der Waals surface area contributed by atoms with Gasteiger partial charge in [-0.3, -0.25) is 4.98 Å². The third kappa shape index (κ3) is 1.84. The van der Waals surface area contributed by atoms with Crippen molar-refractivity contribution in [3.8, 4) is 11.1 Å². The van der Waals surface area contributed by atoms with Crippen molar-refractivity contribution in [3.63, 3.8) is 0 Å². The van der Waals surface area contributed by atoms with Crippen LogP contribution in [0.3, 0.4) is 0 Å². The van der Waals surface area contributed by atoms with Gasteiger partial charge in [0, 0.05) is 11.8 Å². The van der Waals surface area contributed by atoms with Gasteiger partial charge < -0.3 is 5.73 Å². The SMILES string of the molecule is CCc1ccccc1-c1ccncc1N. The molecule has 2 aromatic rings. The smallest absolute Gasteiger partial charge is 0.0580 e. The highest BCUT2D eigenvalue weighted by Gasteiger charge is 2.05. The molecule has 0 radical (unpaired) electrons. The predicted molar refractivity (Wildman–Crippen MR) is 63.5 cm³/mol. The van der Waals surface area contributed by atoms with Gasteiger partial charge in [0.25, 0.3) is 0 Å². The number of anilines is 1. The summed E-state index contributed by atoms with van der Waals surface area (Å²) < 4.78 is 0. The minimum atomic E-state index is 0.735. The van der Waals surface area contributed by atoms with Crippen molar-refractivity contribution in [2.75, 3.05) is 5.73 Å². The van der Waals surface area contributed by atoms with Gasteiger partial charge in [-0.1, -0.05) is 31.2 Å². The molecule has 2 rings (SSSR count). The van der Waals surface area contributed by atoms with E-state index in [0.29, 0.717) is 0 Å². The predicted octanol–water partition coefficient (Wildman–Crippen LogP) is 2.89. The number of nitrogens with two attached hydrogens (primary N) is 1. The molecule has 0 fully saturated rings. The van der Waals surface area contributed by atoms with E-state index in [1.165, 1.54) is 11.1 Å². The zero-order chi connectivity index (χ0) is 10.7. The number of rotatable bonds is 2. The maximum absolute atomic E-state index is 5.91. The van der Waals surface area contributed by atoms with Gasteiger partial charge in [-0.15, -0.1) is 0 Å². The van der Waals surface area contributed by atoms with E-state index in [9.17, 15) is 0 Å². The number of nitrogens with zero attached hydrogens (tertiary/aromatic N) is 1. The Hall–Kier alpha value is -1.83. The zero-order valence-electron chi connectivity index (χ0n) is 8.77. The molecule has 1 heterocycles. The maximum Gasteiger partial charge on any atom is 0.0580 e. The summed E-state index contributed by atoms with van der Waals surface area (Å²) in [4.78, 5) is 4.00. The van der Waals surface area contributed by atoms with E-state index in [4.69, 9.17) is 5.73 Å². The minimum Gasteiger partial charge on any atom is -0.397 e. The molecule has 0 saturated carbocycles. The lowest BCUT2D eigenvalue weighted by molar-refractivity contribution is 1.14. The lowest BCUT2D eigenvalue weighted by Gasteiger charge is -2.09. The first-order valence-corrected chi connectivity index (χ1v) is 5.10. The third-order valence-electron chi connectivity index (χ3n) is 2.54. The minimum absolute atomic E-state index is 0.735. The number of benzene rings is 1. The van der Waals surface area contributed by atoms with E-state index >= 15 is 0 Å². The standard InChI is InChI=1S/C13H14N2/c1-2-10-5-3-4-6-11(10)12-7-8-15-9-13(12)14/h3-9H,2,14H2,1H3. The number of aryl methyl sites for hydroxylation is 1. The molecule has 76 valence electrons. The van der Waals surface area contributed by atoms with Crippen LogP contribution in [0.15, 0.2) is 42.7 Å². The molecule has 15 heavy (non-hydrogen) atoms. The average Bonchev–Trinajstić information content (AvgIpc) is 2.30. The lowest BCUT2D eigenvalue weighted by atomic mass is 9.98. The number of aromatic nitrogens is 1. The molecule has 0 bridgehead atoms.